The van der Waals surface area contributed by atoms with E-state index >= 15 is 0 Å². The SMILES string of the molecule is CCOc1cc(Cl)c(OCC)c(NC(=O)C(N=Nc2ccc(OC)c(OC)c2Cl)C(C)=O)c1. The molecule has 2 rings (SSSR count). The number of hydrogen-bond acceptors (Lipinski definition) is 8. The maximum Gasteiger partial charge on any atom is 0.258 e. The lowest BCUT2D eigenvalue weighted by Gasteiger charge is -2.16. The van der Waals surface area contributed by atoms with Crippen molar-refractivity contribution < 1.29 is 28.5 Å². The van der Waals surface area contributed by atoms with Crippen LogP contribution in [0.15, 0.2) is 34.5 Å². The predicted molar refractivity (Wildman–Crippen MR) is 126 cm³/mol. The van der Waals surface area contributed by atoms with E-state index in [0.29, 0.717) is 24.7 Å². The van der Waals surface area contributed by atoms with Crippen LogP contribution in [0.2, 0.25) is 10.0 Å². The number of anilines is 1. The molecule has 178 valence electrons. The van der Waals surface area contributed by atoms with E-state index in [1.165, 1.54) is 27.2 Å². The average molecular weight is 498 g/mol. The van der Waals surface area contributed by atoms with Crippen molar-refractivity contribution in [1.29, 1.82) is 0 Å². The molecule has 11 heteroatoms. The molecular formula is C22H25Cl2N3O6. The van der Waals surface area contributed by atoms with Gasteiger partial charge in [0, 0.05) is 12.1 Å². The third kappa shape index (κ3) is 6.49. The van der Waals surface area contributed by atoms with Gasteiger partial charge in [0.15, 0.2) is 23.0 Å². The first-order valence-electron chi connectivity index (χ1n) is 9.99. The summed E-state index contributed by atoms with van der Waals surface area (Å²) in [5, 5.41) is 10.9. The van der Waals surface area contributed by atoms with Gasteiger partial charge in [-0.3, -0.25) is 9.59 Å². The topological polar surface area (TPSA) is 108 Å². The Balaban J connectivity index is 2.36. The number of hydrogen-bond donors (Lipinski definition) is 1. The molecule has 0 spiro atoms. The minimum absolute atomic E-state index is 0.123. The van der Waals surface area contributed by atoms with E-state index in [1.807, 2.05) is 6.92 Å². The fourth-order valence-corrected chi connectivity index (χ4v) is 3.33. The number of Topliss-reactive ketones (excluding diaryl/α,β-unsaturated/α-hetero) is 1. The largest absolute Gasteiger partial charge is 0.494 e. The van der Waals surface area contributed by atoms with Crippen molar-refractivity contribution in [3.8, 4) is 23.0 Å². The first-order valence-corrected chi connectivity index (χ1v) is 10.7. The van der Waals surface area contributed by atoms with E-state index in [0.717, 1.165) is 0 Å². The maximum absolute atomic E-state index is 12.9. The maximum atomic E-state index is 12.9. The molecule has 33 heavy (non-hydrogen) atoms. The van der Waals surface area contributed by atoms with Crippen molar-refractivity contribution in [3.63, 3.8) is 0 Å². The quantitative estimate of drug-likeness (QED) is 0.324. The van der Waals surface area contributed by atoms with Gasteiger partial charge in [0.1, 0.15) is 16.5 Å². The number of rotatable bonds is 11. The molecule has 1 amide bonds. The lowest BCUT2D eigenvalue weighted by molar-refractivity contribution is -0.126. The number of azo groups is 1. The second-order valence-electron chi connectivity index (χ2n) is 6.50. The number of carbonyl (C=O) groups excluding carboxylic acids is 2. The summed E-state index contributed by atoms with van der Waals surface area (Å²) in [6, 6.07) is 4.79. The van der Waals surface area contributed by atoms with Gasteiger partial charge in [-0.25, -0.2) is 0 Å². The fourth-order valence-electron chi connectivity index (χ4n) is 2.80. The summed E-state index contributed by atoms with van der Waals surface area (Å²) in [5.41, 5.74) is 0.438. The highest BCUT2D eigenvalue weighted by atomic mass is 35.5. The normalized spacial score (nSPS) is 11.7. The minimum atomic E-state index is -1.45. The first kappa shape index (κ1) is 26.2. The van der Waals surface area contributed by atoms with Crippen molar-refractivity contribution >= 4 is 46.3 Å². The van der Waals surface area contributed by atoms with Crippen molar-refractivity contribution in [2.45, 2.75) is 26.8 Å². The molecule has 0 saturated carbocycles. The number of amides is 1. The molecule has 0 aliphatic heterocycles. The molecular weight excluding hydrogens is 473 g/mol. The van der Waals surface area contributed by atoms with Gasteiger partial charge in [-0.15, -0.1) is 0 Å². The minimum Gasteiger partial charge on any atom is -0.494 e. The highest BCUT2D eigenvalue weighted by molar-refractivity contribution is 6.34. The third-order valence-corrected chi connectivity index (χ3v) is 4.90. The van der Waals surface area contributed by atoms with E-state index < -0.39 is 17.7 Å². The van der Waals surface area contributed by atoms with Crippen molar-refractivity contribution in [1.82, 2.24) is 0 Å². The van der Waals surface area contributed by atoms with Crippen LogP contribution in [0.3, 0.4) is 0 Å². The van der Waals surface area contributed by atoms with Gasteiger partial charge in [0.05, 0.1) is 38.1 Å². The second-order valence-corrected chi connectivity index (χ2v) is 7.29. The molecule has 2 aromatic carbocycles. The number of ether oxygens (including phenoxy) is 4. The number of nitrogens with one attached hydrogen (secondary N) is 1. The zero-order valence-electron chi connectivity index (χ0n) is 18.9. The zero-order chi connectivity index (χ0) is 24.5. The molecule has 1 unspecified atom stereocenters. The summed E-state index contributed by atoms with van der Waals surface area (Å²) >= 11 is 12.6. The van der Waals surface area contributed by atoms with E-state index in [1.54, 1.807) is 25.1 Å². The third-order valence-electron chi connectivity index (χ3n) is 4.25. The van der Waals surface area contributed by atoms with E-state index in [-0.39, 0.29) is 32.9 Å². The number of benzene rings is 2. The number of ketones is 1. The first-order chi connectivity index (χ1) is 15.8. The van der Waals surface area contributed by atoms with E-state index in [2.05, 4.69) is 15.5 Å². The van der Waals surface area contributed by atoms with Crippen LogP contribution in [0.5, 0.6) is 23.0 Å². The van der Waals surface area contributed by atoms with Crippen LogP contribution in [-0.2, 0) is 9.59 Å². The molecule has 0 heterocycles. The number of halogens is 2. The van der Waals surface area contributed by atoms with Gasteiger partial charge >= 0.3 is 0 Å². The summed E-state index contributed by atoms with van der Waals surface area (Å²) in [6.07, 6.45) is 0. The van der Waals surface area contributed by atoms with Crippen LogP contribution in [0, 0.1) is 0 Å². The number of methoxy groups -OCH3 is 2. The molecule has 0 aliphatic rings. The lowest BCUT2D eigenvalue weighted by atomic mass is 10.2. The molecule has 2 aromatic rings. The smallest absolute Gasteiger partial charge is 0.258 e. The highest BCUT2D eigenvalue weighted by Gasteiger charge is 2.26. The second kappa shape index (κ2) is 12.3. The zero-order valence-corrected chi connectivity index (χ0v) is 20.4. The summed E-state index contributed by atoms with van der Waals surface area (Å²) in [7, 11) is 2.89. The molecule has 0 aromatic heterocycles. The van der Waals surface area contributed by atoms with Crippen LogP contribution in [0.1, 0.15) is 20.8 Å². The molecule has 0 aliphatic carbocycles. The molecule has 1 atom stereocenters. The van der Waals surface area contributed by atoms with Crippen molar-refractivity contribution in [3.05, 3.63) is 34.3 Å². The van der Waals surface area contributed by atoms with E-state index in [9.17, 15) is 9.59 Å². The van der Waals surface area contributed by atoms with E-state index in [4.69, 9.17) is 42.1 Å². The van der Waals surface area contributed by atoms with Gasteiger partial charge < -0.3 is 24.3 Å². The fraction of sp³-hybridized carbons (Fsp3) is 0.364. The van der Waals surface area contributed by atoms with Gasteiger partial charge in [0.25, 0.3) is 5.91 Å². The molecule has 9 nitrogen and oxygen atoms in total. The summed E-state index contributed by atoms with van der Waals surface area (Å²) < 4.78 is 21.4. The van der Waals surface area contributed by atoms with Crippen LogP contribution in [0.25, 0.3) is 0 Å². The van der Waals surface area contributed by atoms with Crippen LogP contribution >= 0.6 is 23.2 Å². The Morgan fingerprint density at radius 2 is 1.73 bits per heavy atom. The summed E-state index contributed by atoms with van der Waals surface area (Å²) in [6.45, 7) is 5.52. The Kier molecular flexibility index (Phi) is 9.74. The lowest BCUT2D eigenvalue weighted by Crippen LogP contribution is -2.32. The predicted octanol–water partition coefficient (Wildman–Crippen LogP) is 5.49. The summed E-state index contributed by atoms with van der Waals surface area (Å²) in [4.78, 5) is 25.1. The Bertz CT molecular complexity index is 1050. The molecule has 0 fully saturated rings. The Morgan fingerprint density at radius 3 is 2.30 bits per heavy atom. The van der Waals surface area contributed by atoms with Crippen molar-refractivity contribution in [2.24, 2.45) is 10.2 Å². The van der Waals surface area contributed by atoms with Crippen molar-refractivity contribution in [2.75, 3.05) is 32.8 Å². The van der Waals surface area contributed by atoms with Crippen LogP contribution in [0.4, 0.5) is 11.4 Å². The standard InChI is InChI=1S/C22H25Cl2N3O6/c1-6-32-13-10-14(23)20(33-7-2)16(11-13)25-22(29)19(12(3)28)27-26-15-8-9-17(30-4)21(31-5)18(15)24/h8-11,19H,6-7H2,1-5H3,(H,25,29). The Hall–Kier alpha value is -3.04. The number of nitrogens with zero attached hydrogens (tertiary/aromatic N) is 2. The van der Waals surface area contributed by atoms with Gasteiger partial charge in [-0.1, -0.05) is 23.2 Å². The molecule has 0 radical (unpaired) electrons. The Morgan fingerprint density at radius 1 is 1.03 bits per heavy atom. The van der Waals surface area contributed by atoms with Gasteiger partial charge in [-0.05, 0) is 32.9 Å². The van der Waals surface area contributed by atoms with Crippen LogP contribution in [-0.4, -0.2) is 45.2 Å². The Labute approximate surface area is 202 Å². The average Bonchev–Trinajstić information content (AvgIpc) is 2.77. The highest BCUT2D eigenvalue weighted by Crippen LogP contribution is 2.41. The monoisotopic (exact) mass is 497 g/mol. The van der Waals surface area contributed by atoms with Gasteiger partial charge in [-0.2, -0.15) is 10.2 Å². The van der Waals surface area contributed by atoms with Crippen LogP contribution < -0.4 is 24.3 Å². The molecule has 0 saturated heterocycles. The summed E-state index contributed by atoms with van der Waals surface area (Å²) in [5.74, 6) is 0.0731. The molecule has 1 N–H and O–H groups in total. The van der Waals surface area contributed by atoms with Gasteiger partial charge in [0.2, 0.25) is 6.04 Å². The number of carbonyl (C=O) groups is 2. The molecule has 0 bridgehead atoms.